The van der Waals surface area contributed by atoms with Crippen molar-refractivity contribution in [1.82, 2.24) is 9.55 Å². The monoisotopic (exact) mass is 664 g/mol. The molecule has 49 heavy (non-hydrogen) atoms. The molecule has 2 heterocycles. The number of methoxy groups -OCH3 is 2. The first-order valence-corrected chi connectivity index (χ1v) is 15.7. The van der Waals surface area contributed by atoms with Gasteiger partial charge in [0.15, 0.2) is 12.3 Å². The van der Waals surface area contributed by atoms with E-state index >= 15 is 0 Å². The molecule has 0 spiro atoms. The number of benzene rings is 4. The number of esters is 1. The van der Waals surface area contributed by atoms with Crippen LogP contribution in [0, 0.1) is 6.92 Å². The van der Waals surface area contributed by atoms with Crippen molar-refractivity contribution in [3.63, 3.8) is 0 Å². The van der Waals surface area contributed by atoms with E-state index in [0.29, 0.717) is 22.6 Å². The maximum Gasteiger partial charge on any atom is 0.338 e. The first-order chi connectivity index (χ1) is 23.7. The van der Waals surface area contributed by atoms with Crippen LogP contribution in [0.25, 0.3) is 0 Å². The number of aryl methyl sites for hydroxylation is 1. The lowest BCUT2D eigenvalue weighted by Crippen LogP contribution is -2.57. The molecule has 1 aliphatic rings. The Kier molecular flexibility index (Phi) is 9.77. The molecule has 4 aromatic carbocycles. The number of aromatic nitrogens is 2. The first-order valence-electron chi connectivity index (χ1n) is 15.7. The summed E-state index contributed by atoms with van der Waals surface area (Å²) < 4.78 is 31.4. The third-order valence-corrected chi connectivity index (χ3v) is 8.60. The summed E-state index contributed by atoms with van der Waals surface area (Å²) in [5.41, 5.74) is -0.0506. The summed E-state index contributed by atoms with van der Waals surface area (Å²) in [7, 11) is 3.16. The van der Waals surface area contributed by atoms with Gasteiger partial charge in [-0.2, -0.15) is 0 Å². The van der Waals surface area contributed by atoms with E-state index in [9.17, 15) is 19.5 Å². The van der Waals surface area contributed by atoms with Gasteiger partial charge >= 0.3 is 11.7 Å². The number of carbonyl (C=O) groups is 1. The summed E-state index contributed by atoms with van der Waals surface area (Å²) in [6.45, 7) is 1.32. The second kappa shape index (κ2) is 14.3. The summed E-state index contributed by atoms with van der Waals surface area (Å²) in [5.74, 6) is 0.565. The molecule has 0 radical (unpaired) electrons. The van der Waals surface area contributed by atoms with Crippen LogP contribution in [0.15, 0.2) is 125 Å². The van der Waals surface area contributed by atoms with E-state index in [1.165, 1.54) is 13.1 Å². The maximum atomic E-state index is 13.6. The molecule has 0 bridgehead atoms. The SMILES string of the molecule is COc1ccc(C(O[C@@H]2CO[C@@H](n3cc(C)c(=O)[nH]c3=O)[C@H](O)[C@@H]2OC(=O)c2ccccc2)(c2ccccc2)c2ccc(OC)cc2)cc1. The number of aliphatic hydroxyl groups excluding tert-OH is 1. The van der Waals surface area contributed by atoms with E-state index in [1.807, 2.05) is 78.9 Å². The number of rotatable bonds is 10. The summed E-state index contributed by atoms with van der Waals surface area (Å²) in [6, 6.07) is 32.7. The zero-order chi connectivity index (χ0) is 34.5. The lowest BCUT2D eigenvalue weighted by Gasteiger charge is -2.45. The van der Waals surface area contributed by atoms with E-state index < -0.39 is 47.4 Å². The zero-order valence-corrected chi connectivity index (χ0v) is 27.1. The molecule has 11 heteroatoms. The highest BCUT2D eigenvalue weighted by Gasteiger charge is 2.49. The summed E-state index contributed by atoms with van der Waals surface area (Å²) in [6.07, 6.45) is -4.04. The van der Waals surface area contributed by atoms with Crippen LogP contribution in [0.1, 0.15) is 38.8 Å². The van der Waals surface area contributed by atoms with Crippen molar-refractivity contribution in [2.45, 2.75) is 37.1 Å². The zero-order valence-electron chi connectivity index (χ0n) is 27.1. The fraction of sp³-hybridized carbons (Fsp3) is 0.237. The molecule has 1 saturated heterocycles. The molecule has 252 valence electrons. The minimum atomic E-state index is -1.60. The van der Waals surface area contributed by atoms with Gasteiger partial charge in [0.05, 0.1) is 26.4 Å². The van der Waals surface area contributed by atoms with E-state index in [1.54, 1.807) is 44.6 Å². The van der Waals surface area contributed by atoms with Crippen LogP contribution >= 0.6 is 0 Å². The number of hydrogen-bond donors (Lipinski definition) is 2. The molecule has 0 saturated carbocycles. The normalized spacial score (nSPS) is 19.2. The lowest BCUT2D eigenvalue weighted by molar-refractivity contribution is -0.240. The average Bonchev–Trinajstić information content (AvgIpc) is 3.14. The van der Waals surface area contributed by atoms with Gasteiger partial charge in [0.1, 0.15) is 29.3 Å². The fourth-order valence-electron chi connectivity index (χ4n) is 6.06. The Morgan fingerprint density at radius 1 is 0.816 bits per heavy atom. The topological polar surface area (TPSA) is 138 Å². The van der Waals surface area contributed by atoms with Crippen LogP contribution < -0.4 is 20.7 Å². The van der Waals surface area contributed by atoms with E-state index in [4.69, 9.17) is 23.7 Å². The number of nitrogens with zero attached hydrogens (tertiary/aromatic N) is 1. The quantitative estimate of drug-likeness (QED) is 0.165. The molecule has 6 rings (SSSR count). The third kappa shape index (κ3) is 6.64. The number of aromatic amines is 1. The van der Waals surface area contributed by atoms with Crippen LogP contribution in [0.2, 0.25) is 0 Å². The van der Waals surface area contributed by atoms with Crippen molar-refractivity contribution in [2.24, 2.45) is 0 Å². The van der Waals surface area contributed by atoms with Crippen molar-refractivity contribution in [1.29, 1.82) is 0 Å². The number of nitrogens with one attached hydrogen (secondary N) is 1. The van der Waals surface area contributed by atoms with Crippen LogP contribution in [0.4, 0.5) is 0 Å². The summed E-state index contributed by atoms with van der Waals surface area (Å²) >= 11 is 0. The molecule has 5 aromatic rings. The van der Waals surface area contributed by atoms with Gasteiger partial charge in [-0.25, -0.2) is 9.59 Å². The molecule has 1 aromatic heterocycles. The smallest absolute Gasteiger partial charge is 0.338 e. The lowest BCUT2D eigenvalue weighted by atomic mass is 9.79. The predicted octanol–water partition coefficient (Wildman–Crippen LogP) is 4.35. The van der Waals surface area contributed by atoms with E-state index in [-0.39, 0.29) is 17.7 Å². The van der Waals surface area contributed by atoms with Crippen molar-refractivity contribution in [2.75, 3.05) is 20.8 Å². The number of hydrogen-bond acceptors (Lipinski definition) is 9. The number of carbonyl (C=O) groups excluding carboxylic acids is 1. The minimum absolute atomic E-state index is 0.208. The first kappa shape index (κ1) is 33.4. The van der Waals surface area contributed by atoms with Crippen LogP contribution in [0.3, 0.4) is 0 Å². The standard InChI is InChI=1S/C38H36N2O9/c1-24-22-40(37(44)39-34(24)42)35-32(41)33(48-36(43)25-10-6-4-7-11-25)31(23-47-35)49-38(26-12-8-5-9-13-26,27-14-18-29(45-2)19-15-27)28-16-20-30(46-3)21-17-28/h4-22,31-33,35,41H,23H2,1-3H3,(H,39,42,44)/t31-,32-,33-,35-/m1/s1. The highest BCUT2D eigenvalue weighted by Crippen LogP contribution is 2.44. The Labute approximate surface area is 282 Å². The Balaban J connectivity index is 1.50. The van der Waals surface area contributed by atoms with Gasteiger partial charge in [-0.05, 0) is 60.0 Å². The predicted molar refractivity (Wildman–Crippen MR) is 180 cm³/mol. The van der Waals surface area contributed by atoms with Gasteiger partial charge in [-0.3, -0.25) is 14.3 Å². The second-order valence-electron chi connectivity index (χ2n) is 11.6. The van der Waals surface area contributed by atoms with Gasteiger partial charge in [0.2, 0.25) is 0 Å². The molecule has 4 atom stereocenters. The molecule has 0 amide bonds. The fourth-order valence-corrected chi connectivity index (χ4v) is 6.06. The van der Waals surface area contributed by atoms with Gasteiger partial charge < -0.3 is 28.8 Å². The number of H-pyrrole nitrogens is 1. The number of aliphatic hydroxyl groups is 1. The Morgan fingerprint density at radius 3 is 1.90 bits per heavy atom. The van der Waals surface area contributed by atoms with Gasteiger partial charge in [-0.15, -0.1) is 0 Å². The molecule has 0 unspecified atom stereocenters. The summed E-state index contributed by atoms with van der Waals surface area (Å²) in [5, 5.41) is 11.9. The van der Waals surface area contributed by atoms with Gasteiger partial charge in [0.25, 0.3) is 5.56 Å². The molecule has 2 N–H and O–H groups in total. The molecule has 1 fully saturated rings. The largest absolute Gasteiger partial charge is 0.497 e. The van der Waals surface area contributed by atoms with Crippen LogP contribution in [-0.2, 0) is 19.8 Å². The number of ether oxygens (including phenoxy) is 5. The molecular formula is C38H36N2O9. The average molecular weight is 665 g/mol. The van der Waals surface area contributed by atoms with Gasteiger partial charge in [0, 0.05) is 11.8 Å². The highest BCUT2D eigenvalue weighted by molar-refractivity contribution is 5.89. The maximum absolute atomic E-state index is 13.6. The van der Waals surface area contributed by atoms with Crippen molar-refractivity contribution >= 4 is 5.97 Å². The van der Waals surface area contributed by atoms with Crippen molar-refractivity contribution in [3.8, 4) is 11.5 Å². The van der Waals surface area contributed by atoms with Gasteiger partial charge in [-0.1, -0.05) is 72.8 Å². The van der Waals surface area contributed by atoms with Crippen molar-refractivity contribution < 1.29 is 33.6 Å². The molecule has 11 nitrogen and oxygen atoms in total. The highest BCUT2D eigenvalue weighted by atomic mass is 16.6. The van der Waals surface area contributed by atoms with E-state index in [2.05, 4.69) is 4.98 Å². The minimum Gasteiger partial charge on any atom is -0.497 e. The molecule has 1 aliphatic heterocycles. The Morgan fingerprint density at radius 2 is 1.35 bits per heavy atom. The Hall–Kier alpha value is -5.49. The van der Waals surface area contributed by atoms with Crippen molar-refractivity contribution in [3.05, 3.63) is 164 Å². The molecule has 0 aliphatic carbocycles. The Bertz CT molecular complexity index is 1940. The van der Waals surface area contributed by atoms with Crippen LogP contribution in [0.5, 0.6) is 11.5 Å². The second-order valence-corrected chi connectivity index (χ2v) is 11.6. The third-order valence-electron chi connectivity index (χ3n) is 8.60. The van der Waals surface area contributed by atoms with E-state index in [0.717, 1.165) is 10.1 Å². The molecular weight excluding hydrogens is 628 g/mol. The van der Waals surface area contributed by atoms with Crippen LogP contribution in [-0.4, -0.2) is 59.8 Å². The summed E-state index contributed by atoms with van der Waals surface area (Å²) in [4.78, 5) is 40.8.